The molecule has 1 heterocycles. The smallest absolute Gasteiger partial charge is 0.272 e. The molecule has 104 valence electrons. The maximum absolute atomic E-state index is 10.7. The topological polar surface area (TPSA) is 116 Å². The molecule has 2 rings (SSSR count). The Morgan fingerprint density at radius 2 is 2.25 bits per heavy atom. The van der Waals surface area contributed by atoms with Crippen molar-refractivity contribution >= 4 is 27.6 Å². The molecule has 9 heteroatoms. The van der Waals surface area contributed by atoms with E-state index >= 15 is 0 Å². The summed E-state index contributed by atoms with van der Waals surface area (Å²) in [6.45, 7) is 1.63. The van der Waals surface area contributed by atoms with Gasteiger partial charge in [-0.05, 0) is 35.0 Å². The molecule has 0 saturated heterocycles. The molecule has 0 atom stereocenters. The van der Waals surface area contributed by atoms with Gasteiger partial charge in [0.15, 0.2) is 0 Å². The highest BCUT2D eigenvalue weighted by Gasteiger charge is 2.13. The molecule has 0 amide bonds. The Kier molecular flexibility index (Phi) is 4.11. The van der Waals surface area contributed by atoms with Crippen LogP contribution in [0.3, 0.4) is 0 Å². The standard InChI is InChI=1S/C11H10BrN5O3/c1-6-4-7(2-3-9(6)17(18)19)20-10-8(12)5-14-11(15-10)16-13/h2-5H,13H2,1H3,(H,14,15,16). The number of hydrogen-bond acceptors (Lipinski definition) is 7. The third kappa shape index (κ3) is 3.00. The largest absolute Gasteiger partial charge is 0.438 e. The maximum Gasteiger partial charge on any atom is 0.272 e. The molecule has 0 bridgehead atoms. The number of aromatic nitrogens is 2. The number of ether oxygens (including phenoxy) is 1. The lowest BCUT2D eigenvalue weighted by atomic mass is 10.2. The van der Waals surface area contributed by atoms with Gasteiger partial charge in [0, 0.05) is 11.6 Å². The van der Waals surface area contributed by atoms with Crippen LogP contribution in [0.1, 0.15) is 5.56 Å². The van der Waals surface area contributed by atoms with E-state index in [9.17, 15) is 10.1 Å². The van der Waals surface area contributed by atoms with Gasteiger partial charge in [0.25, 0.3) is 5.69 Å². The Hall–Kier alpha value is -2.26. The molecule has 1 aromatic carbocycles. The van der Waals surface area contributed by atoms with Crippen LogP contribution in [0.25, 0.3) is 0 Å². The van der Waals surface area contributed by atoms with Crippen LogP contribution < -0.4 is 16.0 Å². The number of anilines is 1. The van der Waals surface area contributed by atoms with Gasteiger partial charge in [-0.15, -0.1) is 0 Å². The van der Waals surface area contributed by atoms with Gasteiger partial charge < -0.3 is 4.74 Å². The van der Waals surface area contributed by atoms with Crippen LogP contribution >= 0.6 is 15.9 Å². The van der Waals surface area contributed by atoms with Crippen LogP contribution in [0.5, 0.6) is 11.6 Å². The molecule has 1 aromatic heterocycles. The number of aryl methyl sites for hydroxylation is 1. The molecule has 2 aromatic rings. The summed E-state index contributed by atoms with van der Waals surface area (Å²) in [5, 5.41) is 10.7. The number of rotatable bonds is 4. The summed E-state index contributed by atoms with van der Waals surface area (Å²) >= 11 is 3.25. The van der Waals surface area contributed by atoms with E-state index in [1.807, 2.05) is 0 Å². The summed E-state index contributed by atoms with van der Waals surface area (Å²) in [5.41, 5.74) is 2.83. The second kappa shape index (κ2) is 5.80. The van der Waals surface area contributed by atoms with Gasteiger partial charge in [-0.1, -0.05) is 0 Å². The van der Waals surface area contributed by atoms with E-state index in [2.05, 4.69) is 31.3 Å². The molecule has 0 aliphatic rings. The molecule has 0 radical (unpaired) electrons. The predicted octanol–water partition coefficient (Wildman–Crippen LogP) is 2.53. The molecule has 8 nitrogen and oxygen atoms in total. The number of hydrogen-bond donors (Lipinski definition) is 2. The lowest BCUT2D eigenvalue weighted by Crippen LogP contribution is -2.10. The minimum Gasteiger partial charge on any atom is -0.438 e. The summed E-state index contributed by atoms with van der Waals surface area (Å²) < 4.78 is 6.09. The van der Waals surface area contributed by atoms with Gasteiger partial charge in [0.05, 0.1) is 15.6 Å². The van der Waals surface area contributed by atoms with Gasteiger partial charge in [-0.25, -0.2) is 10.8 Å². The number of halogens is 1. The zero-order valence-electron chi connectivity index (χ0n) is 10.3. The minimum absolute atomic E-state index is 0.0309. The van der Waals surface area contributed by atoms with E-state index in [4.69, 9.17) is 10.6 Å². The normalized spacial score (nSPS) is 10.2. The highest BCUT2D eigenvalue weighted by molar-refractivity contribution is 9.10. The van der Waals surface area contributed by atoms with Crippen molar-refractivity contribution in [2.75, 3.05) is 5.43 Å². The highest BCUT2D eigenvalue weighted by atomic mass is 79.9. The van der Waals surface area contributed by atoms with Gasteiger partial charge in [-0.3, -0.25) is 15.5 Å². The van der Waals surface area contributed by atoms with Crippen molar-refractivity contribution in [3.05, 3.63) is 44.5 Å². The number of nitrogens with two attached hydrogens (primary N) is 1. The van der Waals surface area contributed by atoms with Crippen molar-refractivity contribution in [3.8, 4) is 11.6 Å². The minimum atomic E-state index is -0.448. The third-order valence-corrected chi connectivity index (χ3v) is 2.96. The number of nitrogens with zero attached hydrogens (tertiary/aromatic N) is 3. The summed E-state index contributed by atoms with van der Waals surface area (Å²) in [7, 11) is 0. The van der Waals surface area contributed by atoms with Gasteiger partial charge in [0.1, 0.15) is 5.75 Å². The fraction of sp³-hybridized carbons (Fsp3) is 0.0909. The lowest BCUT2D eigenvalue weighted by Gasteiger charge is -2.08. The highest BCUT2D eigenvalue weighted by Crippen LogP contribution is 2.30. The Bertz CT molecular complexity index is 665. The molecular weight excluding hydrogens is 330 g/mol. The number of nitro benzene ring substituents is 1. The fourth-order valence-corrected chi connectivity index (χ4v) is 1.77. The Morgan fingerprint density at radius 3 is 2.85 bits per heavy atom. The van der Waals surface area contributed by atoms with Gasteiger partial charge >= 0.3 is 0 Å². The van der Waals surface area contributed by atoms with Crippen molar-refractivity contribution in [2.45, 2.75) is 6.92 Å². The van der Waals surface area contributed by atoms with Crippen molar-refractivity contribution in [1.82, 2.24) is 9.97 Å². The first-order valence-corrected chi connectivity index (χ1v) is 6.22. The Labute approximate surface area is 122 Å². The summed E-state index contributed by atoms with van der Waals surface area (Å²) in [6.07, 6.45) is 1.48. The molecule has 20 heavy (non-hydrogen) atoms. The van der Waals surface area contributed by atoms with Crippen molar-refractivity contribution in [2.24, 2.45) is 5.84 Å². The van der Waals surface area contributed by atoms with Crippen LogP contribution in [0.2, 0.25) is 0 Å². The Balaban J connectivity index is 2.30. The van der Waals surface area contributed by atoms with Crippen LogP contribution in [0.4, 0.5) is 11.6 Å². The monoisotopic (exact) mass is 339 g/mol. The molecule has 0 saturated carbocycles. The van der Waals surface area contributed by atoms with E-state index in [0.29, 0.717) is 15.8 Å². The number of nitrogen functional groups attached to an aromatic ring is 1. The molecule has 0 spiro atoms. The van der Waals surface area contributed by atoms with Crippen LogP contribution in [0, 0.1) is 17.0 Å². The van der Waals surface area contributed by atoms with E-state index in [1.165, 1.54) is 18.3 Å². The summed E-state index contributed by atoms with van der Waals surface area (Å²) in [4.78, 5) is 18.2. The number of nitro groups is 1. The first kappa shape index (κ1) is 14.2. The van der Waals surface area contributed by atoms with E-state index < -0.39 is 4.92 Å². The number of nitrogens with one attached hydrogen (secondary N) is 1. The zero-order chi connectivity index (χ0) is 14.7. The predicted molar refractivity (Wildman–Crippen MR) is 75.4 cm³/mol. The molecular formula is C11H10BrN5O3. The first-order valence-electron chi connectivity index (χ1n) is 5.43. The fourth-order valence-electron chi connectivity index (χ4n) is 1.50. The van der Waals surface area contributed by atoms with Crippen LogP contribution in [0.15, 0.2) is 28.9 Å². The quantitative estimate of drug-likeness (QED) is 0.499. The van der Waals surface area contributed by atoms with Gasteiger partial charge in [0.2, 0.25) is 11.8 Å². The molecule has 0 unspecified atom stereocenters. The maximum atomic E-state index is 10.7. The average Bonchev–Trinajstić information content (AvgIpc) is 2.41. The lowest BCUT2D eigenvalue weighted by molar-refractivity contribution is -0.385. The van der Waals surface area contributed by atoms with Crippen LogP contribution in [-0.2, 0) is 0 Å². The van der Waals surface area contributed by atoms with Crippen molar-refractivity contribution in [3.63, 3.8) is 0 Å². The molecule has 0 fully saturated rings. The average molecular weight is 340 g/mol. The van der Waals surface area contributed by atoms with E-state index in [-0.39, 0.29) is 17.5 Å². The first-order chi connectivity index (χ1) is 9.51. The van der Waals surface area contributed by atoms with Crippen molar-refractivity contribution in [1.29, 1.82) is 0 Å². The van der Waals surface area contributed by atoms with E-state index in [0.717, 1.165) is 0 Å². The summed E-state index contributed by atoms with van der Waals surface area (Å²) in [5.74, 6) is 6.09. The van der Waals surface area contributed by atoms with Gasteiger partial charge in [-0.2, -0.15) is 4.98 Å². The summed E-state index contributed by atoms with van der Waals surface area (Å²) in [6, 6.07) is 4.43. The molecule has 0 aliphatic carbocycles. The number of hydrazine groups is 1. The van der Waals surface area contributed by atoms with Crippen molar-refractivity contribution < 1.29 is 9.66 Å². The SMILES string of the molecule is Cc1cc(Oc2nc(NN)ncc2Br)ccc1[N+](=O)[O-]. The molecule has 3 N–H and O–H groups in total. The zero-order valence-corrected chi connectivity index (χ0v) is 11.9. The Morgan fingerprint density at radius 1 is 1.50 bits per heavy atom. The second-order valence-electron chi connectivity index (χ2n) is 3.80. The van der Waals surface area contributed by atoms with Crippen LogP contribution in [-0.4, -0.2) is 14.9 Å². The second-order valence-corrected chi connectivity index (χ2v) is 4.65. The molecule has 0 aliphatic heterocycles. The van der Waals surface area contributed by atoms with E-state index in [1.54, 1.807) is 13.0 Å². The third-order valence-electron chi connectivity index (χ3n) is 2.42. The number of benzene rings is 1.